The summed E-state index contributed by atoms with van der Waals surface area (Å²) in [5, 5.41) is 2.76. The van der Waals surface area contributed by atoms with Crippen LogP contribution in [0.4, 0.5) is 0 Å². The molecule has 0 heterocycles. The minimum absolute atomic E-state index is 0.158. The number of amides is 1. The molecule has 0 fully saturated rings. The third-order valence-corrected chi connectivity index (χ3v) is 6.05. The fraction of sp³-hybridized carbons (Fsp3) is 0.278. The Morgan fingerprint density at radius 1 is 1.16 bits per heavy atom. The highest BCUT2D eigenvalue weighted by molar-refractivity contribution is 9.10. The van der Waals surface area contributed by atoms with Crippen LogP contribution in [0.2, 0.25) is 0 Å². The molecule has 2 aromatic carbocycles. The highest BCUT2D eigenvalue weighted by Crippen LogP contribution is 2.17. The normalized spacial score (nSPS) is 11.5. The number of halogens is 1. The molecule has 2 aromatic rings. The van der Waals surface area contributed by atoms with Gasteiger partial charge in [-0.2, -0.15) is 4.31 Å². The SMILES string of the molecule is Cc1cccc(CCNC(=O)CN(C)S(=O)(=O)c2ccc(Br)cc2)c1. The van der Waals surface area contributed by atoms with Crippen LogP contribution in [0.25, 0.3) is 0 Å². The van der Waals surface area contributed by atoms with Crippen molar-refractivity contribution in [2.75, 3.05) is 20.1 Å². The van der Waals surface area contributed by atoms with Gasteiger partial charge in [0.05, 0.1) is 11.4 Å². The van der Waals surface area contributed by atoms with Gasteiger partial charge < -0.3 is 5.32 Å². The number of hydrogen-bond donors (Lipinski definition) is 1. The van der Waals surface area contributed by atoms with Gasteiger partial charge in [-0.3, -0.25) is 4.79 Å². The van der Waals surface area contributed by atoms with Gasteiger partial charge in [-0.1, -0.05) is 45.8 Å². The van der Waals surface area contributed by atoms with Crippen LogP contribution in [0.15, 0.2) is 57.9 Å². The molecular weight excluding hydrogens is 404 g/mol. The predicted molar refractivity (Wildman–Crippen MR) is 102 cm³/mol. The van der Waals surface area contributed by atoms with Crippen LogP contribution in [0.3, 0.4) is 0 Å². The summed E-state index contributed by atoms with van der Waals surface area (Å²) in [4.78, 5) is 12.2. The summed E-state index contributed by atoms with van der Waals surface area (Å²) in [6.45, 7) is 2.27. The van der Waals surface area contributed by atoms with Crippen LogP contribution in [0.1, 0.15) is 11.1 Å². The van der Waals surface area contributed by atoms with E-state index in [1.807, 2.05) is 25.1 Å². The second kappa shape index (κ2) is 8.60. The van der Waals surface area contributed by atoms with Crippen molar-refractivity contribution in [1.82, 2.24) is 9.62 Å². The average molecular weight is 425 g/mol. The highest BCUT2D eigenvalue weighted by Gasteiger charge is 2.22. The van der Waals surface area contributed by atoms with Crippen LogP contribution >= 0.6 is 15.9 Å². The van der Waals surface area contributed by atoms with Crippen molar-refractivity contribution in [3.8, 4) is 0 Å². The lowest BCUT2D eigenvalue weighted by atomic mass is 10.1. The highest BCUT2D eigenvalue weighted by atomic mass is 79.9. The molecular formula is C18H21BrN2O3S. The Morgan fingerprint density at radius 2 is 1.84 bits per heavy atom. The Kier molecular flexibility index (Phi) is 6.75. The van der Waals surface area contributed by atoms with Crippen LogP contribution in [-0.4, -0.2) is 38.8 Å². The Morgan fingerprint density at radius 3 is 2.48 bits per heavy atom. The lowest BCUT2D eigenvalue weighted by Crippen LogP contribution is -2.39. The van der Waals surface area contributed by atoms with Gasteiger partial charge in [0.25, 0.3) is 0 Å². The van der Waals surface area contributed by atoms with Crippen molar-refractivity contribution in [1.29, 1.82) is 0 Å². The maximum atomic E-state index is 12.4. The second-order valence-corrected chi connectivity index (χ2v) is 8.76. The van der Waals surface area contributed by atoms with Gasteiger partial charge in [0.2, 0.25) is 15.9 Å². The summed E-state index contributed by atoms with van der Waals surface area (Å²) in [5.74, 6) is -0.323. The third-order valence-electron chi connectivity index (χ3n) is 3.71. The molecule has 0 saturated carbocycles. The predicted octanol–water partition coefficient (Wildman–Crippen LogP) is 2.74. The number of likely N-dealkylation sites (N-methyl/N-ethyl adjacent to an activating group) is 1. The molecule has 7 heteroatoms. The van der Waals surface area contributed by atoms with Crippen molar-refractivity contribution in [3.63, 3.8) is 0 Å². The minimum Gasteiger partial charge on any atom is -0.355 e. The maximum absolute atomic E-state index is 12.4. The summed E-state index contributed by atoms with van der Waals surface area (Å²) < 4.78 is 26.7. The molecule has 0 aliphatic carbocycles. The van der Waals surface area contributed by atoms with E-state index in [2.05, 4.69) is 27.3 Å². The number of sulfonamides is 1. The second-order valence-electron chi connectivity index (χ2n) is 5.80. The van der Waals surface area contributed by atoms with Crippen LogP contribution in [-0.2, 0) is 21.2 Å². The van der Waals surface area contributed by atoms with Gasteiger partial charge in [0, 0.05) is 18.1 Å². The van der Waals surface area contributed by atoms with Crippen LogP contribution in [0.5, 0.6) is 0 Å². The van der Waals surface area contributed by atoms with Gasteiger partial charge in [-0.05, 0) is 43.2 Å². The van der Waals surface area contributed by atoms with Gasteiger partial charge in [0.15, 0.2) is 0 Å². The smallest absolute Gasteiger partial charge is 0.243 e. The van der Waals surface area contributed by atoms with Crippen LogP contribution in [0, 0.1) is 6.92 Å². The van der Waals surface area contributed by atoms with Gasteiger partial charge >= 0.3 is 0 Å². The molecule has 0 aliphatic rings. The molecule has 0 unspecified atom stereocenters. The van der Waals surface area contributed by atoms with E-state index in [1.165, 1.54) is 24.7 Å². The Balaban J connectivity index is 1.87. The molecule has 2 rings (SSSR count). The van der Waals surface area contributed by atoms with E-state index < -0.39 is 10.0 Å². The number of nitrogens with one attached hydrogen (secondary N) is 1. The Hall–Kier alpha value is -1.70. The Bertz CT molecular complexity index is 836. The molecule has 0 saturated heterocycles. The first kappa shape index (κ1) is 19.6. The largest absolute Gasteiger partial charge is 0.355 e. The molecule has 0 aromatic heterocycles. The number of nitrogens with zero attached hydrogens (tertiary/aromatic N) is 1. The molecule has 25 heavy (non-hydrogen) atoms. The number of hydrogen-bond acceptors (Lipinski definition) is 3. The summed E-state index contributed by atoms with van der Waals surface area (Å²) in [5.41, 5.74) is 2.31. The van der Waals surface area contributed by atoms with Crippen molar-refractivity contribution < 1.29 is 13.2 Å². The lowest BCUT2D eigenvalue weighted by molar-refractivity contribution is -0.121. The minimum atomic E-state index is -3.68. The van der Waals surface area contributed by atoms with E-state index >= 15 is 0 Å². The molecule has 0 aliphatic heterocycles. The number of benzene rings is 2. The van der Waals surface area contributed by atoms with E-state index in [0.29, 0.717) is 13.0 Å². The van der Waals surface area contributed by atoms with Crippen molar-refractivity contribution in [2.24, 2.45) is 0 Å². The fourth-order valence-corrected chi connectivity index (χ4v) is 3.73. The molecule has 0 radical (unpaired) electrons. The fourth-order valence-electron chi connectivity index (χ4n) is 2.34. The first-order valence-corrected chi connectivity index (χ1v) is 10.1. The van der Waals surface area contributed by atoms with E-state index in [-0.39, 0.29) is 17.3 Å². The number of rotatable bonds is 7. The lowest BCUT2D eigenvalue weighted by Gasteiger charge is -2.17. The summed E-state index contributed by atoms with van der Waals surface area (Å²) in [7, 11) is -2.28. The quantitative estimate of drug-likeness (QED) is 0.742. The number of carbonyl (C=O) groups is 1. The molecule has 0 atom stereocenters. The summed E-state index contributed by atoms with van der Waals surface area (Å²) >= 11 is 3.27. The Labute approximate surface area is 157 Å². The maximum Gasteiger partial charge on any atom is 0.243 e. The zero-order valence-corrected chi connectivity index (χ0v) is 16.6. The number of aryl methyl sites for hydroxylation is 1. The van der Waals surface area contributed by atoms with Gasteiger partial charge in [-0.25, -0.2) is 8.42 Å². The average Bonchev–Trinajstić information content (AvgIpc) is 2.55. The first-order valence-electron chi connectivity index (χ1n) is 7.83. The van der Waals surface area contributed by atoms with Gasteiger partial charge in [-0.15, -0.1) is 0 Å². The zero-order valence-electron chi connectivity index (χ0n) is 14.2. The standard InChI is InChI=1S/C18H21BrN2O3S/c1-14-4-3-5-15(12-14)10-11-20-18(22)13-21(2)25(23,24)17-8-6-16(19)7-9-17/h3-9,12H,10-11,13H2,1-2H3,(H,20,22). The van der Waals surface area contributed by atoms with Crippen molar-refractivity contribution >= 4 is 31.9 Å². The van der Waals surface area contributed by atoms with Crippen LogP contribution < -0.4 is 5.32 Å². The first-order chi connectivity index (χ1) is 11.8. The van der Waals surface area contributed by atoms with E-state index in [9.17, 15) is 13.2 Å². The summed E-state index contributed by atoms with van der Waals surface area (Å²) in [6.07, 6.45) is 0.705. The van der Waals surface area contributed by atoms with E-state index in [0.717, 1.165) is 14.3 Å². The van der Waals surface area contributed by atoms with Crippen molar-refractivity contribution in [2.45, 2.75) is 18.2 Å². The third kappa shape index (κ3) is 5.66. The monoisotopic (exact) mass is 424 g/mol. The van der Waals surface area contributed by atoms with E-state index in [1.54, 1.807) is 12.1 Å². The molecule has 134 valence electrons. The molecule has 5 nitrogen and oxygen atoms in total. The molecule has 1 N–H and O–H groups in total. The van der Waals surface area contributed by atoms with Gasteiger partial charge in [0.1, 0.15) is 0 Å². The number of carbonyl (C=O) groups excluding carboxylic acids is 1. The molecule has 0 spiro atoms. The zero-order chi connectivity index (χ0) is 18.4. The molecule has 0 bridgehead atoms. The summed E-state index contributed by atoms with van der Waals surface area (Å²) in [6, 6.07) is 14.4. The van der Waals surface area contributed by atoms with Crippen molar-refractivity contribution in [3.05, 3.63) is 64.1 Å². The molecule has 1 amide bonds. The van der Waals surface area contributed by atoms with E-state index in [4.69, 9.17) is 0 Å². The topological polar surface area (TPSA) is 66.5 Å².